The van der Waals surface area contributed by atoms with E-state index in [1.54, 1.807) is 4.90 Å². The van der Waals surface area contributed by atoms with Crippen LogP contribution < -0.4 is 5.32 Å². The van der Waals surface area contributed by atoms with Gasteiger partial charge in [0, 0.05) is 12.6 Å². The zero-order chi connectivity index (χ0) is 13.7. The minimum Gasteiger partial charge on any atom is -0.481 e. The van der Waals surface area contributed by atoms with Crippen molar-refractivity contribution in [1.29, 1.82) is 0 Å². The van der Waals surface area contributed by atoms with Crippen LogP contribution in [0.1, 0.15) is 27.2 Å². The largest absolute Gasteiger partial charge is 0.481 e. The van der Waals surface area contributed by atoms with Crippen molar-refractivity contribution in [2.24, 2.45) is 5.92 Å². The Labute approximate surface area is 107 Å². The summed E-state index contributed by atoms with van der Waals surface area (Å²) in [4.78, 5) is 24.7. The Hall–Kier alpha value is -1.30. The van der Waals surface area contributed by atoms with Crippen molar-refractivity contribution in [2.45, 2.75) is 39.3 Å². The van der Waals surface area contributed by atoms with E-state index in [0.717, 1.165) is 6.42 Å². The standard InChI is InChI=1S/C12H22N2O4/c1-4-5-14(8(2)3)12(17)13-10-7-18-6-9(10)11(15)16/h8-10H,4-7H2,1-3H3,(H,13,17)(H,15,16). The van der Waals surface area contributed by atoms with Crippen molar-refractivity contribution >= 4 is 12.0 Å². The molecule has 1 fully saturated rings. The lowest BCUT2D eigenvalue weighted by molar-refractivity contribution is -0.142. The van der Waals surface area contributed by atoms with E-state index < -0.39 is 17.9 Å². The number of carboxylic acids is 1. The fourth-order valence-electron chi connectivity index (χ4n) is 2.02. The number of amides is 2. The predicted molar refractivity (Wildman–Crippen MR) is 66.4 cm³/mol. The first kappa shape index (κ1) is 14.8. The normalized spacial score (nSPS) is 23.1. The van der Waals surface area contributed by atoms with Crippen LogP contribution in [0.3, 0.4) is 0 Å². The van der Waals surface area contributed by atoms with Crippen LogP contribution in [0.5, 0.6) is 0 Å². The van der Waals surface area contributed by atoms with Crippen molar-refractivity contribution in [2.75, 3.05) is 19.8 Å². The predicted octanol–water partition coefficient (Wildman–Crippen LogP) is 0.916. The number of rotatable bonds is 5. The fraction of sp³-hybridized carbons (Fsp3) is 0.833. The Morgan fingerprint density at radius 3 is 2.61 bits per heavy atom. The minimum absolute atomic E-state index is 0.0931. The third-order valence-electron chi connectivity index (χ3n) is 3.06. The summed E-state index contributed by atoms with van der Waals surface area (Å²) in [6.07, 6.45) is 0.870. The Morgan fingerprint density at radius 1 is 1.44 bits per heavy atom. The number of carbonyl (C=O) groups is 2. The number of nitrogens with zero attached hydrogens (tertiary/aromatic N) is 1. The zero-order valence-corrected chi connectivity index (χ0v) is 11.2. The first-order valence-corrected chi connectivity index (χ1v) is 6.35. The molecule has 0 aliphatic carbocycles. The summed E-state index contributed by atoms with van der Waals surface area (Å²) < 4.78 is 5.12. The second-order valence-electron chi connectivity index (χ2n) is 4.83. The molecule has 6 heteroatoms. The second-order valence-corrected chi connectivity index (χ2v) is 4.83. The molecule has 2 N–H and O–H groups in total. The Balaban J connectivity index is 2.59. The first-order valence-electron chi connectivity index (χ1n) is 6.35. The summed E-state index contributed by atoms with van der Waals surface area (Å²) in [5.74, 6) is -1.58. The van der Waals surface area contributed by atoms with E-state index >= 15 is 0 Å². The maximum atomic E-state index is 12.1. The van der Waals surface area contributed by atoms with Crippen molar-refractivity contribution in [3.8, 4) is 0 Å². The van der Waals surface area contributed by atoms with Crippen LogP contribution in [0.25, 0.3) is 0 Å². The van der Waals surface area contributed by atoms with Gasteiger partial charge in [-0.3, -0.25) is 4.79 Å². The monoisotopic (exact) mass is 258 g/mol. The summed E-state index contributed by atoms with van der Waals surface area (Å²) in [5, 5.41) is 11.8. The van der Waals surface area contributed by atoms with E-state index in [0.29, 0.717) is 6.54 Å². The van der Waals surface area contributed by atoms with Gasteiger partial charge in [0.25, 0.3) is 0 Å². The molecule has 0 bridgehead atoms. The molecule has 1 aliphatic heterocycles. The number of urea groups is 1. The number of ether oxygens (including phenoxy) is 1. The molecule has 0 spiro atoms. The van der Waals surface area contributed by atoms with Crippen LogP contribution in [0.4, 0.5) is 4.79 Å². The molecule has 0 aromatic heterocycles. The maximum Gasteiger partial charge on any atom is 0.317 e. The van der Waals surface area contributed by atoms with Crippen LogP contribution in [0, 0.1) is 5.92 Å². The molecule has 2 amide bonds. The van der Waals surface area contributed by atoms with Gasteiger partial charge in [-0.1, -0.05) is 6.92 Å². The molecule has 1 aliphatic rings. The van der Waals surface area contributed by atoms with Crippen LogP contribution in [-0.4, -0.2) is 53.8 Å². The minimum atomic E-state index is -0.926. The molecule has 18 heavy (non-hydrogen) atoms. The average molecular weight is 258 g/mol. The van der Waals surface area contributed by atoms with E-state index in [1.165, 1.54) is 0 Å². The summed E-state index contributed by atoms with van der Waals surface area (Å²) in [6.45, 7) is 6.97. The van der Waals surface area contributed by atoms with Gasteiger partial charge in [0.1, 0.15) is 5.92 Å². The van der Waals surface area contributed by atoms with Crippen molar-refractivity contribution in [3.63, 3.8) is 0 Å². The molecule has 1 heterocycles. The number of aliphatic carboxylic acids is 1. The van der Waals surface area contributed by atoms with Gasteiger partial charge < -0.3 is 20.1 Å². The van der Waals surface area contributed by atoms with Gasteiger partial charge in [-0.15, -0.1) is 0 Å². The highest BCUT2D eigenvalue weighted by Gasteiger charge is 2.36. The van der Waals surface area contributed by atoms with Gasteiger partial charge in [-0.25, -0.2) is 4.79 Å². The van der Waals surface area contributed by atoms with Crippen molar-refractivity contribution in [1.82, 2.24) is 10.2 Å². The van der Waals surface area contributed by atoms with Gasteiger partial charge >= 0.3 is 12.0 Å². The van der Waals surface area contributed by atoms with E-state index in [9.17, 15) is 9.59 Å². The lowest BCUT2D eigenvalue weighted by Gasteiger charge is -2.28. The van der Waals surface area contributed by atoms with Crippen LogP contribution in [-0.2, 0) is 9.53 Å². The topological polar surface area (TPSA) is 78.9 Å². The number of carbonyl (C=O) groups excluding carboxylic acids is 1. The van der Waals surface area contributed by atoms with Crippen LogP contribution in [0.2, 0.25) is 0 Å². The Morgan fingerprint density at radius 2 is 2.11 bits per heavy atom. The molecule has 1 saturated heterocycles. The van der Waals surface area contributed by atoms with E-state index in [2.05, 4.69) is 5.32 Å². The average Bonchev–Trinajstić information content (AvgIpc) is 2.73. The SMILES string of the molecule is CCCN(C(=O)NC1COCC1C(=O)O)C(C)C. The molecular formula is C12H22N2O4. The number of carboxylic acid groups (broad SMARTS) is 1. The Bertz CT molecular complexity index is 306. The lowest BCUT2D eigenvalue weighted by Crippen LogP contribution is -2.51. The third-order valence-corrected chi connectivity index (χ3v) is 3.06. The summed E-state index contributed by atoms with van der Waals surface area (Å²) in [6, 6.07) is -0.558. The highest BCUT2D eigenvalue weighted by molar-refractivity contribution is 5.77. The molecular weight excluding hydrogens is 236 g/mol. The van der Waals surface area contributed by atoms with Gasteiger partial charge in [0.05, 0.1) is 19.3 Å². The number of hydrogen-bond acceptors (Lipinski definition) is 3. The summed E-state index contributed by atoms with van der Waals surface area (Å²) in [5.41, 5.74) is 0. The number of hydrogen-bond donors (Lipinski definition) is 2. The molecule has 104 valence electrons. The summed E-state index contributed by atoms with van der Waals surface area (Å²) >= 11 is 0. The molecule has 0 aromatic rings. The van der Waals surface area contributed by atoms with Crippen molar-refractivity contribution < 1.29 is 19.4 Å². The van der Waals surface area contributed by atoms with Gasteiger partial charge in [0.15, 0.2) is 0 Å². The third kappa shape index (κ3) is 3.60. The highest BCUT2D eigenvalue weighted by atomic mass is 16.5. The number of nitrogens with one attached hydrogen (secondary N) is 1. The second kappa shape index (κ2) is 6.58. The van der Waals surface area contributed by atoms with E-state index in [-0.39, 0.29) is 25.3 Å². The van der Waals surface area contributed by atoms with E-state index in [4.69, 9.17) is 9.84 Å². The smallest absolute Gasteiger partial charge is 0.317 e. The molecule has 0 aromatic carbocycles. The first-order chi connectivity index (χ1) is 8.47. The molecule has 0 saturated carbocycles. The fourth-order valence-corrected chi connectivity index (χ4v) is 2.02. The van der Waals surface area contributed by atoms with Gasteiger partial charge in [-0.2, -0.15) is 0 Å². The van der Waals surface area contributed by atoms with Gasteiger partial charge in [0.2, 0.25) is 0 Å². The zero-order valence-electron chi connectivity index (χ0n) is 11.2. The molecule has 6 nitrogen and oxygen atoms in total. The molecule has 1 rings (SSSR count). The quantitative estimate of drug-likeness (QED) is 0.768. The van der Waals surface area contributed by atoms with Gasteiger partial charge in [-0.05, 0) is 20.3 Å². The molecule has 2 atom stereocenters. The van der Waals surface area contributed by atoms with Crippen molar-refractivity contribution in [3.05, 3.63) is 0 Å². The van der Waals surface area contributed by atoms with E-state index in [1.807, 2.05) is 20.8 Å². The lowest BCUT2D eigenvalue weighted by atomic mass is 10.0. The molecule has 2 unspecified atom stereocenters. The van der Waals surface area contributed by atoms with Crippen LogP contribution in [0.15, 0.2) is 0 Å². The Kier molecular flexibility index (Phi) is 5.40. The van der Waals surface area contributed by atoms with Crippen LogP contribution >= 0.6 is 0 Å². The highest BCUT2D eigenvalue weighted by Crippen LogP contribution is 2.14. The maximum absolute atomic E-state index is 12.1. The molecule has 0 radical (unpaired) electrons. The summed E-state index contributed by atoms with van der Waals surface area (Å²) in [7, 11) is 0.